The predicted molar refractivity (Wildman–Crippen MR) is 64.6 cm³/mol. The summed E-state index contributed by atoms with van der Waals surface area (Å²) in [5.41, 5.74) is 0.149. The van der Waals surface area contributed by atoms with Gasteiger partial charge in [-0.05, 0) is 25.5 Å². The van der Waals surface area contributed by atoms with Gasteiger partial charge in [-0.2, -0.15) is 0 Å². The van der Waals surface area contributed by atoms with E-state index in [-0.39, 0.29) is 17.2 Å². The number of hydrogen-bond acceptors (Lipinski definition) is 4. The Hall–Kier alpha value is -1.95. The van der Waals surface area contributed by atoms with Crippen molar-refractivity contribution in [1.29, 1.82) is 0 Å². The first-order valence-electron chi connectivity index (χ1n) is 5.70. The van der Waals surface area contributed by atoms with Gasteiger partial charge in [-0.25, -0.2) is 4.79 Å². The number of amides is 1. The molecule has 1 rings (SSSR count). The molecule has 0 aliphatic heterocycles. The molecule has 2 N–H and O–H groups in total. The summed E-state index contributed by atoms with van der Waals surface area (Å²) in [6, 6.07) is 2.59. The third kappa shape index (κ3) is 4.50. The maximum absolute atomic E-state index is 11.6. The van der Waals surface area contributed by atoms with E-state index >= 15 is 0 Å². The molecule has 0 aliphatic carbocycles. The number of carbonyl (C=O) groups excluding carboxylic acids is 1. The van der Waals surface area contributed by atoms with E-state index in [4.69, 9.17) is 9.84 Å². The number of nitrogens with zero attached hydrogens (tertiary/aromatic N) is 1. The Morgan fingerprint density at radius 2 is 2.28 bits per heavy atom. The van der Waals surface area contributed by atoms with Gasteiger partial charge in [0, 0.05) is 26.0 Å². The summed E-state index contributed by atoms with van der Waals surface area (Å²) in [5.74, 6) is -1.46. The minimum atomic E-state index is -1.08. The molecule has 1 aromatic rings. The molecule has 0 saturated carbocycles. The molecule has 18 heavy (non-hydrogen) atoms. The molecule has 0 aliphatic rings. The average molecular weight is 252 g/mol. The lowest BCUT2D eigenvalue weighted by Crippen LogP contribution is -2.26. The van der Waals surface area contributed by atoms with E-state index in [1.54, 1.807) is 0 Å². The lowest BCUT2D eigenvalue weighted by Gasteiger charge is -2.05. The topological polar surface area (TPSA) is 88.5 Å². The normalized spacial score (nSPS) is 10.1. The number of pyridine rings is 1. The number of aromatic carboxylic acids is 1. The zero-order valence-corrected chi connectivity index (χ0v) is 10.2. The van der Waals surface area contributed by atoms with Crippen molar-refractivity contribution >= 4 is 11.9 Å². The van der Waals surface area contributed by atoms with Crippen molar-refractivity contribution in [2.24, 2.45) is 0 Å². The first kappa shape index (κ1) is 14.1. The Morgan fingerprint density at radius 1 is 1.50 bits per heavy atom. The second-order valence-electron chi connectivity index (χ2n) is 3.54. The Kier molecular flexibility index (Phi) is 5.79. The third-order valence-electron chi connectivity index (χ3n) is 2.19. The molecule has 0 saturated heterocycles. The maximum atomic E-state index is 11.6. The Morgan fingerprint density at radius 3 is 2.94 bits per heavy atom. The molecule has 0 unspecified atom stereocenters. The summed E-state index contributed by atoms with van der Waals surface area (Å²) in [6.45, 7) is 3.60. The van der Waals surface area contributed by atoms with Crippen LogP contribution in [0.5, 0.6) is 0 Å². The molecule has 6 heteroatoms. The summed E-state index contributed by atoms with van der Waals surface area (Å²) >= 11 is 0. The van der Waals surface area contributed by atoms with Crippen LogP contribution in [0.1, 0.15) is 34.2 Å². The number of nitrogens with one attached hydrogen (secondary N) is 1. The fourth-order valence-corrected chi connectivity index (χ4v) is 1.30. The molecule has 0 atom stereocenters. The van der Waals surface area contributed by atoms with Gasteiger partial charge in [0.1, 0.15) is 5.69 Å². The first-order valence-corrected chi connectivity index (χ1v) is 5.70. The van der Waals surface area contributed by atoms with Gasteiger partial charge in [0.2, 0.25) is 0 Å². The summed E-state index contributed by atoms with van der Waals surface area (Å²) < 4.78 is 5.13. The zero-order valence-electron chi connectivity index (χ0n) is 10.2. The van der Waals surface area contributed by atoms with Crippen molar-refractivity contribution in [3.63, 3.8) is 0 Å². The highest BCUT2D eigenvalue weighted by Gasteiger charge is 2.10. The van der Waals surface area contributed by atoms with Crippen LogP contribution in [-0.4, -0.2) is 41.7 Å². The SMILES string of the molecule is CCOCCCNC(=O)c1cc(C(=O)O)ccn1. The van der Waals surface area contributed by atoms with Gasteiger partial charge in [0.05, 0.1) is 5.56 Å². The fourth-order valence-electron chi connectivity index (χ4n) is 1.30. The molecule has 0 radical (unpaired) electrons. The van der Waals surface area contributed by atoms with Gasteiger partial charge in [0.25, 0.3) is 5.91 Å². The van der Waals surface area contributed by atoms with Crippen LogP contribution in [0, 0.1) is 0 Å². The van der Waals surface area contributed by atoms with Crippen molar-refractivity contribution in [3.05, 3.63) is 29.6 Å². The van der Waals surface area contributed by atoms with E-state index in [1.165, 1.54) is 18.3 Å². The Bertz CT molecular complexity index is 420. The molecule has 0 bridgehead atoms. The van der Waals surface area contributed by atoms with Crippen LogP contribution in [0.2, 0.25) is 0 Å². The molecular weight excluding hydrogens is 236 g/mol. The minimum Gasteiger partial charge on any atom is -0.478 e. The molecule has 0 spiro atoms. The number of hydrogen-bond donors (Lipinski definition) is 2. The quantitative estimate of drug-likeness (QED) is 0.705. The van der Waals surface area contributed by atoms with Crippen molar-refractivity contribution in [2.75, 3.05) is 19.8 Å². The standard InChI is InChI=1S/C12H16N2O4/c1-2-18-7-3-5-14-11(15)10-8-9(12(16)17)4-6-13-10/h4,6,8H,2-3,5,7H2,1H3,(H,14,15)(H,16,17). The van der Waals surface area contributed by atoms with Crippen molar-refractivity contribution in [2.45, 2.75) is 13.3 Å². The van der Waals surface area contributed by atoms with E-state index in [2.05, 4.69) is 10.3 Å². The van der Waals surface area contributed by atoms with Crippen LogP contribution >= 0.6 is 0 Å². The van der Waals surface area contributed by atoms with Gasteiger partial charge in [-0.1, -0.05) is 0 Å². The molecule has 98 valence electrons. The van der Waals surface area contributed by atoms with Gasteiger partial charge in [-0.3, -0.25) is 9.78 Å². The highest BCUT2D eigenvalue weighted by molar-refractivity contribution is 5.95. The fraction of sp³-hybridized carbons (Fsp3) is 0.417. The first-order chi connectivity index (χ1) is 8.65. The van der Waals surface area contributed by atoms with Crippen LogP contribution in [0.4, 0.5) is 0 Å². The summed E-state index contributed by atoms with van der Waals surface area (Å²) in [5, 5.41) is 11.4. The number of ether oxygens (including phenoxy) is 1. The minimum absolute atomic E-state index is 0.0458. The van der Waals surface area contributed by atoms with E-state index in [0.29, 0.717) is 26.2 Å². The second-order valence-corrected chi connectivity index (χ2v) is 3.54. The van der Waals surface area contributed by atoms with Crippen LogP contribution in [0.15, 0.2) is 18.3 Å². The molecular formula is C12H16N2O4. The number of carboxylic acids is 1. The summed E-state index contributed by atoms with van der Waals surface area (Å²) in [4.78, 5) is 26.2. The third-order valence-corrected chi connectivity index (χ3v) is 2.19. The van der Waals surface area contributed by atoms with Crippen LogP contribution < -0.4 is 5.32 Å². The lowest BCUT2D eigenvalue weighted by molar-refractivity contribution is 0.0696. The van der Waals surface area contributed by atoms with E-state index in [9.17, 15) is 9.59 Å². The summed E-state index contributed by atoms with van der Waals surface area (Å²) in [7, 11) is 0. The van der Waals surface area contributed by atoms with E-state index < -0.39 is 5.97 Å². The van der Waals surface area contributed by atoms with Crippen molar-refractivity contribution in [1.82, 2.24) is 10.3 Å². The highest BCUT2D eigenvalue weighted by atomic mass is 16.5. The zero-order chi connectivity index (χ0) is 13.4. The van der Waals surface area contributed by atoms with Crippen LogP contribution in [-0.2, 0) is 4.74 Å². The van der Waals surface area contributed by atoms with E-state index in [0.717, 1.165) is 0 Å². The molecule has 1 amide bonds. The molecule has 0 fully saturated rings. The maximum Gasteiger partial charge on any atom is 0.335 e. The van der Waals surface area contributed by atoms with E-state index in [1.807, 2.05) is 6.92 Å². The number of carboxylic acid groups (broad SMARTS) is 1. The monoisotopic (exact) mass is 252 g/mol. The average Bonchev–Trinajstić information content (AvgIpc) is 2.38. The largest absolute Gasteiger partial charge is 0.478 e. The number of carbonyl (C=O) groups is 2. The smallest absolute Gasteiger partial charge is 0.335 e. The van der Waals surface area contributed by atoms with Crippen LogP contribution in [0.3, 0.4) is 0 Å². The lowest BCUT2D eigenvalue weighted by atomic mass is 10.2. The van der Waals surface area contributed by atoms with Crippen molar-refractivity contribution in [3.8, 4) is 0 Å². The van der Waals surface area contributed by atoms with Gasteiger partial charge >= 0.3 is 5.97 Å². The van der Waals surface area contributed by atoms with Gasteiger partial charge in [0.15, 0.2) is 0 Å². The summed E-state index contributed by atoms with van der Waals surface area (Å²) in [6.07, 6.45) is 2.01. The Balaban J connectivity index is 2.46. The van der Waals surface area contributed by atoms with Crippen molar-refractivity contribution < 1.29 is 19.4 Å². The Labute approximate surface area is 105 Å². The van der Waals surface area contributed by atoms with Gasteiger partial charge < -0.3 is 15.2 Å². The molecule has 1 heterocycles. The van der Waals surface area contributed by atoms with Crippen LogP contribution in [0.25, 0.3) is 0 Å². The number of aromatic nitrogens is 1. The molecule has 6 nitrogen and oxygen atoms in total. The highest BCUT2D eigenvalue weighted by Crippen LogP contribution is 2.01. The second kappa shape index (κ2) is 7.39. The number of rotatable bonds is 7. The predicted octanol–water partition coefficient (Wildman–Crippen LogP) is 0.936. The van der Waals surface area contributed by atoms with Gasteiger partial charge in [-0.15, -0.1) is 0 Å². The molecule has 1 aromatic heterocycles. The molecule has 0 aromatic carbocycles.